The molecule has 3 amide bonds. The molecule has 160 valence electrons. The zero-order valence-corrected chi connectivity index (χ0v) is 17.9. The molecule has 0 saturated carbocycles. The molecule has 1 N–H and O–H groups in total. The first-order valence-electron chi connectivity index (χ1n) is 9.85. The predicted molar refractivity (Wildman–Crippen MR) is 108 cm³/mol. The van der Waals surface area contributed by atoms with Crippen LogP contribution in [0.1, 0.15) is 50.0 Å². The molecule has 1 aromatic rings. The maximum atomic E-state index is 12.9. The molecule has 1 unspecified atom stereocenters. The van der Waals surface area contributed by atoms with E-state index in [2.05, 4.69) is 5.48 Å². The molecule has 8 heteroatoms. The SMILES string of the molecule is CCN(CC)C(=O)CC(C)(CONC(C)=O)CN1Cc2ccc(OC)cc2C1=O. The zero-order chi connectivity index (χ0) is 21.6. The van der Waals surface area contributed by atoms with Crippen LogP contribution in [0.25, 0.3) is 0 Å². The Morgan fingerprint density at radius 3 is 2.55 bits per heavy atom. The topological polar surface area (TPSA) is 88.2 Å². The van der Waals surface area contributed by atoms with Crippen molar-refractivity contribution in [1.82, 2.24) is 15.3 Å². The second kappa shape index (κ2) is 9.73. The molecule has 8 nitrogen and oxygen atoms in total. The quantitative estimate of drug-likeness (QED) is 0.602. The molecule has 1 aromatic carbocycles. The van der Waals surface area contributed by atoms with Crippen LogP contribution in [0.2, 0.25) is 0 Å². The van der Waals surface area contributed by atoms with Gasteiger partial charge in [0, 0.05) is 50.5 Å². The molecule has 0 spiro atoms. The fourth-order valence-corrected chi connectivity index (χ4v) is 3.57. The molecule has 0 aliphatic carbocycles. The van der Waals surface area contributed by atoms with Crippen LogP contribution >= 0.6 is 0 Å². The van der Waals surface area contributed by atoms with Gasteiger partial charge in [-0.25, -0.2) is 5.48 Å². The number of carbonyl (C=O) groups excluding carboxylic acids is 3. The molecule has 1 aliphatic heterocycles. The van der Waals surface area contributed by atoms with E-state index < -0.39 is 5.41 Å². The Bertz CT molecular complexity index is 763. The van der Waals surface area contributed by atoms with Crippen LogP contribution in [-0.2, 0) is 21.0 Å². The van der Waals surface area contributed by atoms with E-state index in [-0.39, 0.29) is 30.7 Å². The van der Waals surface area contributed by atoms with Crippen LogP contribution in [0, 0.1) is 5.41 Å². The first-order chi connectivity index (χ1) is 13.7. The lowest BCUT2D eigenvalue weighted by Gasteiger charge is -2.34. The Labute approximate surface area is 172 Å². The highest BCUT2D eigenvalue weighted by molar-refractivity contribution is 5.98. The van der Waals surface area contributed by atoms with E-state index in [1.165, 1.54) is 6.92 Å². The van der Waals surface area contributed by atoms with Crippen molar-refractivity contribution < 1.29 is 24.0 Å². The third-order valence-corrected chi connectivity index (χ3v) is 5.10. The van der Waals surface area contributed by atoms with Gasteiger partial charge in [-0.1, -0.05) is 13.0 Å². The van der Waals surface area contributed by atoms with Gasteiger partial charge >= 0.3 is 0 Å². The lowest BCUT2D eigenvalue weighted by molar-refractivity contribution is -0.139. The van der Waals surface area contributed by atoms with Crippen molar-refractivity contribution in [2.24, 2.45) is 5.41 Å². The zero-order valence-electron chi connectivity index (χ0n) is 17.9. The van der Waals surface area contributed by atoms with E-state index in [4.69, 9.17) is 9.57 Å². The van der Waals surface area contributed by atoms with E-state index >= 15 is 0 Å². The fourth-order valence-electron chi connectivity index (χ4n) is 3.57. The number of benzene rings is 1. The van der Waals surface area contributed by atoms with Crippen molar-refractivity contribution in [3.63, 3.8) is 0 Å². The lowest BCUT2D eigenvalue weighted by Crippen LogP contribution is -2.44. The average molecular weight is 405 g/mol. The number of hydrogen-bond acceptors (Lipinski definition) is 5. The van der Waals surface area contributed by atoms with Gasteiger partial charge in [0.05, 0.1) is 13.7 Å². The van der Waals surface area contributed by atoms with Gasteiger partial charge in [-0.15, -0.1) is 0 Å². The Hall–Kier alpha value is -2.61. The van der Waals surface area contributed by atoms with Gasteiger partial charge in [0.1, 0.15) is 5.75 Å². The maximum Gasteiger partial charge on any atom is 0.254 e. The number of fused-ring (bicyclic) bond motifs is 1. The smallest absolute Gasteiger partial charge is 0.254 e. The Kier molecular flexibility index (Phi) is 7.61. The number of nitrogens with zero attached hydrogens (tertiary/aromatic N) is 2. The van der Waals surface area contributed by atoms with Gasteiger partial charge in [0.25, 0.3) is 5.91 Å². The normalized spacial score (nSPS) is 14.9. The number of nitrogens with one attached hydrogen (secondary N) is 1. The summed E-state index contributed by atoms with van der Waals surface area (Å²) in [5.41, 5.74) is 3.20. The van der Waals surface area contributed by atoms with Crippen molar-refractivity contribution in [2.45, 2.75) is 40.7 Å². The number of rotatable bonds is 10. The Morgan fingerprint density at radius 1 is 1.28 bits per heavy atom. The molecule has 0 radical (unpaired) electrons. The van der Waals surface area contributed by atoms with Crippen molar-refractivity contribution in [3.8, 4) is 5.75 Å². The second-order valence-electron chi connectivity index (χ2n) is 7.68. The van der Waals surface area contributed by atoms with Gasteiger partial charge in [-0.05, 0) is 31.5 Å². The number of methoxy groups -OCH3 is 1. The monoisotopic (exact) mass is 405 g/mol. The molecule has 29 heavy (non-hydrogen) atoms. The van der Waals surface area contributed by atoms with E-state index in [9.17, 15) is 14.4 Å². The van der Waals surface area contributed by atoms with Gasteiger partial charge in [0.2, 0.25) is 11.8 Å². The summed E-state index contributed by atoms with van der Waals surface area (Å²) in [6.07, 6.45) is 0.206. The minimum atomic E-state index is -0.663. The van der Waals surface area contributed by atoms with Crippen LogP contribution in [0.15, 0.2) is 18.2 Å². The molecular weight excluding hydrogens is 374 g/mol. The summed E-state index contributed by atoms with van der Waals surface area (Å²) in [5, 5.41) is 0. The second-order valence-corrected chi connectivity index (χ2v) is 7.68. The fraction of sp³-hybridized carbons (Fsp3) is 0.571. The van der Waals surface area contributed by atoms with Gasteiger partial charge in [-0.3, -0.25) is 19.2 Å². The molecule has 1 heterocycles. The summed E-state index contributed by atoms with van der Waals surface area (Å²) >= 11 is 0. The van der Waals surface area contributed by atoms with Crippen LogP contribution < -0.4 is 10.2 Å². The highest BCUT2D eigenvalue weighted by Gasteiger charge is 2.37. The molecule has 1 atom stereocenters. The van der Waals surface area contributed by atoms with Crippen molar-refractivity contribution in [3.05, 3.63) is 29.3 Å². The minimum absolute atomic E-state index is 0.00486. The summed E-state index contributed by atoms with van der Waals surface area (Å²) in [6.45, 7) is 9.25. The van der Waals surface area contributed by atoms with Crippen LogP contribution in [0.5, 0.6) is 5.75 Å². The van der Waals surface area contributed by atoms with Crippen LogP contribution in [-0.4, -0.2) is 60.9 Å². The van der Waals surface area contributed by atoms with Gasteiger partial charge < -0.3 is 14.5 Å². The van der Waals surface area contributed by atoms with Crippen molar-refractivity contribution in [1.29, 1.82) is 0 Å². The standard InChI is InChI=1S/C21H31N3O5/c1-6-23(7-2)19(26)11-21(4,14-29-22-15(3)25)13-24-12-16-8-9-17(28-5)10-18(16)20(24)27/h8-10H,6-7,11-14H2,1-5H3,(H,22,25). The first kappa shape index (κ1) is 22.7. The van der Waals surface area contributed by atoms with E-state index in [0.29, 0.717) is 37.5 Å². The Morgan fingerprint density at radius 2 is 1.97 bits per heavy atom. The third kappa shape index (κ3) is 5.69. The molecule has 0 aromatic heterocycles. The maximum absolute atomic E-state index is 12.9. The van der Waals surface area contributed by atoms with Gasteiger partial charge in [0.15, 0.2) is 0 Å². The number of amides is 3. The number of carbonyl (C=O) groups is 3. The van der Waals surface area contributed by atoms with Gasteiger partial charge in [-0.2, -0.15) is 0 Å². The summed E-state index contributed by atoms with van der Waals surface area (Å²) in [5.74, 6) is 0.210. The minimum Gasteiger partial charge on any atom is -0.497 e. The lowest BCUT2D eigenvalue weighted by atomic mass is 9.86. The predicted octanol–water partition coefficient (Wildman–Crippen LogP) is 1.98. The largest absolute Gasteiger partial charge is 0.497 e. The summed E-state index contributed by atoms with van der Waals surface area (Å²) in [7, 11) is 1.56. The summed E-state index contributed by atoms with van der Waals surface area (Å²) in [6, 6.07) is 5.46. The summed E-state index contributed by atoms with van der Waals surface area (Å²) in [4.78, 5) is 45.6. The highest BCUT2D eigenvalue weighted by atomic mass is 16.7. The molecule has 1 aliphatic rings. The number of hydroxylamine groups is 1. The van der Waals surface area contributed by atoms with Crippen molar-refractivity contribution >= 4 is 17.7 Å². The molecule has 0 saturated heterocycles. The van der Waals surface area contributed by atoms with Crippen molar-refractivity contribution in [2.75, 3.05) is 33.4 Å². The van der Waals surface area contributed by atoms with E-state index in [1.807, 2.05) is 32.9 Å². The Balaban J connectivity index is 2.17. The average Bonchev–Trinajstić information content (AvgIpc) is 2.97. The molecular formula is C21H31N3O5. The molecule has 2 rings (SSSR count). The molecule has 0 bridgehead atoms. The van der Waals surface area contributed by atoms with Crippen LogP contribution in [0.3, 0.4) is 0 Å². The first-order valence-corrected chi connectivity index (χ1v) is 9.85. The number of hydrogen-bond donors (Lipinski definition) is 1. The third-order valence-electron chi connectivity index (χ3n) is 5.10. The molecule has 0 fully saturated rings. The van der Waals surface area contributed by atoms with E-state index in [0.717, 1.165) is 5.56 Å². The summed E-state index contributed by atoms with van der Waals surface area (Å²) < 4.78 is 5.22. The van der Waals surface area contributed by atoms with Crippen LogP contribution in [0.4, 0.5) is 0 Å². The number of ether oxygens (including phenoxy) is 1. The van der Waals surface area contributed by atoms with E-state index in [1.54, 1.807) is 23.0 Å². The highest BCUT2D eigenvalue weighted by Crippen LogP contribution is 2.32.